The summed E-state index contributed by atoms with van der Waals surface area (Å²) in [6, 6.07) is 3.65. The molecule has 1 fully saturated rings. The van der Waals surface area contributed by atoms with E-state index in [0.29, 0.717) is 12.2 Å². The summed E-state index contributed by atoms with van der Waals surface area (Å²) in [5.41, 5.74) is 6.98. The van der Waals surface area contributed by atoms with Crippen LogP contribution in [0, 0.1) is 0 Å². The molecule has 0 bridgehead atoms. The maximum Gasteiger partial charge on any atom is 0.242 e. The van der Waals surface area contributed by atoms with Gasteiger partial charge in [-0.3, -0.25) is 9.78 Å². The summed E-state index contributed by atoms with van der Waals surface area (Å²) in [5, 5.41) is 0. The molecule has 1 saturated heterocycles. The molecule has 0 atom stereocenters. The first-order valence-corrected chi connectivity index (χ1v) is 6.73. The molecule has 1 amide bonds. The lowest BCUT2D eigenvalue weighted by atomic mass is 10.3. The number of carbonyl (C=O) groups is 1. The number of amides is 1. The number of likely N-dealkylation sites (tertiary alicyclic amines) is 1. The number of pyridine rings is 1. The van der Waals surface area contributed by atoms with E-state index in [4.69, 9.17) is 18.0 Å². The number of hydrogen-bond donors (Lipinski definition) is 1. The molecule has 5 nitrogen and oxygen atoms in total. The van der Waals surface area contributed by atoms with Crippen molar-refractivity contribution in [1.82, 2.24) is 9.88 Å². The van der Waals surface area contributed by atoms with Crippen LogP contribution in [0.5, 0.6) is 0 Å². The summed E-state index contributed by atoms with van der Waals surface area (Å²) in [6.45, 7) is 2.13. The van der Waals surface area contributed by atoms with Gasteiger partial charge in [-0.15, -0.1) is 0 Å². The first kappa shape index (κ1) is 13.7. The summed E-state index contributed by atoms with van der Waals surface area (Å²) in [4.78, 5) is 20.3. The van der Waals surface area contributed by atoms with Gasteiger partial charge in [0.2, 0.25) is 5.91 Å². The molecule has 2 heterocycles. The Balaban J connectivity index is 1.97. The predicted octanol–water partition coefficient (Wildman–Crippen LogP) is 0.774. The van der Waals surface area contributed by atoms with E-state index in [0.717, 1.165) is 31.6 Å². The Morgan fingerprint density at radius 1 is 1.47 bits per heavy atom. The van der Waals surface area contributed by atoms with Gasteiger partial charge in [-0.05, 0) is 25.0 Å². The zero-order valence-corrected chi connectivity index (χ0v) is 11.8. The molecule has 0 aromatic carbocycles. The smallest absolute Gasteiger partial charge is 0.242 e. The van der Waals surface area contributed by atoms with Crippen molar-refractivity contribution in [1.29, 1.82) is 0 Å². The monoisotopic (exact) mass is 278 g/mol. The van der Waals surface area contributed by atoms with E-state index in [2.05, 4.69) is 4.98 Å². The fourth-order valence-electron chi connectivity index (χ4n) is 2.12. The van der Waals surface area contributed by atoms with Crippen LogP contribution in [0.25, 0.3) is 0 Å². The lowest BCUT2D eigenvalue weighted by molar-refractivity contribution is -0.128. The molecule has 102 valence electrons. The highest BCUT2D eigenvalue weighted by molar-refractivity contribution is 7.80. The molecule has 1 aromatic heterocycles. The Labute approximate surface area is 118 Å². The lowest BCUT2D eigenvalue weighted by Crippen LogP contribution is -2.37. The molecular weight excluding hydrogens is 260 g/mol. The average molecular weight is 278 g/mol. The van der Waals surface area contributed by atoms with Crippen molar-refractivity contribution in [2.45, 2.75) is 12.8 Å². The quantitative estimate of drug-likeness (QED) is 0.825. The van der Waals surface area contributed by atoms with Crippen molar-refractivity contribution in [2.24, 2.45) is 5.73 Å². The number of nitrogens with zero attached hydrogens (tertiary/aromatic N) is 3. The molecule has 0 radical (unpaired) electrons. The molecule has 0 unspecified atom stereocenters. The van der Waals surface area contributed by atoms with Gasteiger partial charge in [-0.2, -0.15) is 0 Å². The third kappa shape index (κ3) is 3.41. The summed E-state index contributed by atoms with van der Waals surface area (Å²) < 4.78 is 0. The van der Waals surface area contributed by atoms with Crippen molar-refractivity contribution in [2.75, 3.05) is 31.6 Å². The first-order valence-electron chi connectivity index (χ1n) is 6.32. The number of likely N-dealkylation sites (N-methyl/N-ethyl adjacent to an activating group) is 1. The van der Waals surface area contributed by atoms with Gasteiger partial charge in [0.15, 0.2) is 0 Å². The lowest BCUT2D eigenvalue weighted by Gasteiger charge is -2.22. The van der Waals surface area contributed by atoms with Crippen LogP contribution in [0.3, 0.4) is 0 Å². The molecule has 2 rings (SSSR count). The molecule has 6 heteroatoms. The van der Waals surface area contributed by atoms with E-state index < -0.39 is 0 Å². The van der Waals surface area contributed by atoms with Crippen LogP contribution in [-0.4, -0.2) is 47.5 Å². The maximum atomic E-state index is 12.0. The Kier molecular flexibility index (Phi) is 4.31. The predicted molar refractivity (Wildman–Crippen MR) is 79.2 cm³/mol. The molecule has 1 aliphatic heterocycles. The molecule has 2 N–H and O–H groups in total. The third-order valence-corrected chi connectivity index (χ3v) is 3.48. The van der Waals surface area contributed by atoms with Gasteiger partial charge in [-0.25, -0.2) is 0 Å². The van der Waals surface area contributed by atoms with Crippen LogP contribution in [0.2, 0.25) is 0 Å². The van der Waals surface area contributed by atoms with Crippen LogP contribution in [-0.2, 0) is 4.79 Å². The molecule has 0 saturated carbocycles. The number of nitrogens with two attached hydrogens (primary N) is 1. The number of rotatable bonds is 4. The second-order valence-corrected chi connectivity index (χ2v) is 5.15. The van der Waals surface area contributed by atoms with Gasteiger partial charge in [0.05, 0.1) is 24.1 Å². The largest absolute Gasteiger partial charge is 0.388 e. The van der Waals surface area contributed by atoms with Crippen LogP contribution in [0.1, 0.15) is 18.5 Å². The Hall–Kier alpha value is -1.69. The van der Waals surface area contributed by atoms with Gasteiger partial charge >= 0.3 is 0 Å². The summed E-state index contributed by atoms with van der Waals surface area (Å²) in [7, 11) is 1.88. The van der Waals surface area contributed by atoms with Crippen molar-refractivity contribution < 1.29 is 4.79 Å². The van der Waals surface area contributed by atoms with Crippen LogP contribution >= 0.6 is 12.2 Å². The normalized spacial score (nSPS) is 14.5. The van der Waals surface area contributed by atoms with E-state index in [1.165, 1.54) is 0 Å². The minimum Gasteiger partial charge on any atom is -0.388 e. The third-order valence-electron chi connectivity index (χ3n) is 3.27. The van der Waals surface area contributed by atoms with E-state index in [-0.39, 0.29) is 10.9 Å². The topological polar surface area (TPSA) is 62.5 Å². The number of anilines is 1. The molecule has 1 aliphatic rings. The number of thiocarbonyl (C=S) groups is 1. The number of hydrogen-bond acceptors (Lipinski definition) is 4. The highest BCUT2D eigenvalue weighted by Crippen LogP contribution is 2.13. The standard InChI is InChI=1S/C13H18N4OS/c1-16(9-12(18)17-6-2-3-7-17)10-4-5-11(13(14)19)15-8-10/h4-5,8H,2-3,6-7,9H2,1H3,(H2,14,19). The zero-order valence-electron chi connectivity index (χ0n) is 11.0. The van der Waals surface area contributed by atoms with Crippen LogP contribution in [0.15, 0.2) is 18.3 Å². The van der Waals surface area contributed by atoms with Crippen LogP contribution < -0.4 is 10.6 Å². The van der Waals surface area contributed by atoms with Gasteiger partial charge in [0.1, 0.15) is 4.99 Å². The molecule has 0 spiro atoms. The highest BCUT2D eigenvalue weighted by atomic mass is 32.1. The van der Waals surface area contributed by atoms with E-state index in [9.17, 15) is 4.79 Å². The molecular formula is C13H18N4OS. The van der Waals surface area contributed by atoms with E-state index >= 15 is 0 Å². The molecule has 1 aromatic rings. The van der Waals surface area contributed by atoms with Crippen molar-refractivity contribution >= 4 is 28.8 Å². The molecule has 0 aliphatic carbocycles. The number of carbonyl (C=O) groups excluding carboxylic acids is 1. The minimum absolute atomic E-state index is 0.165. The fraction of sp³-hybridized carbons (Fsp3) is 0.462. The highest BCUT2D eigenvalue weighted by Gasteiger charge is 2.19. The second-order valence-electron chi connectivity index (χ2n) is 4.71. The van der Waals surface area contributed by atoms with Gasteiger partial charge < -0.3 is 15.5 Å². The Morgan fingerprint density at radius 2 is 2.16 bits per heavy atom. The van der Waals surface area contributed by atoms with Crippen molar-refractivity contribution in [3.8, 4) is 0 Å². The minimum atomic E-state index is 0.165. The number of aromatic nitrogens is 1. The van der Waals surface area contributed by atoms with Crippen molar-refractivity contribution in [3.05, 3.63) is 24.0 Å². The summed E-state index contributed by atoms with van der Waals surface area (Å²) in [5.74, 6) is 0.165. The van der Waals surface area contributed by atoms with E-state index in [1.807, 2.05) is 22.9 Å². The van der Waals surface area contributed by atoms with E-state index in [1.54, 1.807) is 12.3 Å². The Bertz CT molecular complexity index is 468. The molecule has 19 heavy (non-hydrogen) atoms. The summed E-state index contributed by atoms with van der Waals surface area (Å²) >= 11 is 4.85. The van der Waals surface area contributed by atoms with Gasteiger partial charge in [-0.1, -0.05) is 12.2 Å². The van der Waals surface area contributed by atoms with Crippen molar-refractivity contribution in [3.63, 3.8) is 0 Å². The second kappa shape index (κ2) is 5.97. The summed E-state index contributed by atoms with van der Waals surface area (Å²) in [6.07, 6.45) is 3.91. The Morgan fingerprint density at radius 3 is 2.68 bits per heavy atom. The van der Waals surface area contributed by atoms with Gasteiger partial charge in [0.25, 0.3) is 0 Å². The van der Waals surface area contributed by atoms with Crippen LogP contribution in [0.4, 0.5) is 5.69 Å². The zero-order chi connectivity index (χ0) is 13.8. The fourth-order valence-corrected chi connectivity index (χ4v) is 2.24. The SMILES string of the molecule is CN(CC(=O)N1CCCC1)c1ccc(C(N)=S)nc1. The maximum absolute atomic E-state index is 12.0. The average Bonchev–Trinajstić information content (AvgIpc) is 2.92. The van der Waals surface area contributed by atoms with Gasteiger partial charge in [0, 0.05) is 20.1 Å². The first-order chi connectivity index (χ1) is 9.08.